The van der Waals surface area contributed by atoms with Gasteiger partial charge in [0.25, 0.3) is 0 Å². The van der Waals surface area contributed by atoms with Crippen molar-refractivity contribution in [2.24, 2.45) is 0 Å². The zero-order valence-corrected chi connectivity index (χ0v) is 8.90. The predicted molar refractivity (Wildman–Crippen MR) is 55.7 cm³/mol. The Morgan fingerprint density at radius 2 is 2.08 bits per heavy atom. The van der Waals surface area contributed by atoms with Gasteiger partial charge in [-0.2, -0.15) is 0 Å². The van der Waals surface area contributed by atoms with Crippen LogP contribution in [-0.2, 0) is 0 Å². The van der Waals surface area contributed by atoms with Crippen LogP contribution in [0.15, 0.2) is 17.5 Å². The molecular weight excluding hydrogens is 166 g/mol. The minimum atomic E-state index is 0.583. The molecule has 0 bridgehead atoms. The van der Waals surface area contributed by atoms with Gasteiger partial charge in [0.2, 0.25) is 0 Å². The first-order valence-electron chi connectivity index (χ1n) is 4.57. The number of rotatable bonds is 4. The van der Waals surface area contributed by atoms with Crippen LogP contribution in [-0.4, -0.2) is 18.0 Å². The van der Waals surface area contributed by atoms with Gasteiger partial charge in [0.05, 0.1) is 0 Å². The molecule has 1 nitrogen and oxygen atoms in total. The number of hydrogen-bond donors (Lipinski definition) is 0. The third-order valence-electron chi connectivity index (χ3n) is 2.32. The number of thiophene rings is 1. The Morgan fingerprint density at radius 3 is 2.50 bits per heavy atom. The minimum absolute atomic E-state index is 0.583. The summed E-state index contributed by atoms with van der Waals surface area (Å²) in [6, 6.07) is 4.92. The Labute approximate surface area is 79.0 Å². The molecule has 0 radical (unpaired) electrons. The molecular formula is C10H17NS. The van der Waals surface area contributed by atoms with Crippen LogP contribution in [0.25, 0.3) is 0 Å². The normalized spacial score (nSPS) is 13.7. The second kappa shape index (κ2) is 4.63. The lowest BCUT2D eigenvalue weighted by molar-refractivity contribution is 0.237. The molecule has 0 saturated carbocycles. The second-order valence-corrected chi connectivity index (χ2v) is 3.89. The van der Waals surface area contributed by atoms with Crippen molar-refractivity contribution in [1.29, 1.82) is 0 Å². The molecule has 1 aromatic rings. The van der Waals surface area contributed by atoms with E-state index in [0.717, 1.165) is 13.1 Å². The maximum atomic E-state index is 2.46. The summed E-state index contributed by atoms with van der Waals surface area (Å²) in [5.41, 5.74) is 0. The monoisotopic (exact) mass is 183 g/mol. The topological polar surface area (TPSA) is 3.24 Å². The molecule has 1 rings (SSSR count). The van der Waals surface area contributed by atoms with E-state index < -0.39 is 0 Å². The highest BCUT2D eigenvalue weighted by atomic mass is 32.1. The van der Waals surface area contributed by atoms with Crippen molar-refractivity contribution in [2.75, 3.05) is 13.1 Å². The smallest absolute Gasteiger partial charge is 0.0413 e. The van der Waals surface area contributed by atoms with Gasteiger partial charge in [-0.3, -0.25) is 4.90 Å². The van der Waals surface area contributed by atoms with E-state index >= 15 is 0 Å². The van der Waals surface area contributed by atoms with E-state index in [1.54, 1.807) is 0 Å². The molecule has 0 fully saturated rings. The molecule has 0 N–H and O–H groups in total. The van der Waals surface area contributed by atoms with Crippen molar-refractivity contribution in [3.05, 3.63) is 22.4 Å². The third-order valence-corrected chi connectivity index (χ3v) is 3.36. The molecule has 0 saturated heterocycles. The molecule has 0 spiro atoms. The second-order valence-electron chi connectivity index (χ2n) is 2.91. The molecule has 0 amide bonds. The zero-order valence-electron chi connectivity index (χ0n) is 8.08. The highest BCUT2D eigenvalue weighted by Crippen LogP contribution is 2.23. The van der Waals surface area contributed by atoms with Crippen molar-refractivity contribution in [3.63, 3.8) is 0 Å². The van der Waals surface area contributed by atoms with Crippen LogP contribution in [0.4, 0.5) is 0 Å². The summed E-state index contributed by atoms with van der Waals surface area (Å²) in [4.78, 5) is 3.94. The van der Waals surface area contributed by atoms with Gasteiger partial charge in [-0.15, -0.1) is 11.3 Å². The molecule has 0 aliphatic carbocycles. The van der Waals surface area contributed by atoms with Gasteiger partial charge in [0, 0.05) is 10.9 Å². The molecule has 2 heteroatoms. The molecule has 1 unspecified atom stereocenters. The van der Waals surface area contributed by atoms with Gasteiger partial charge in [0.15, 0.2) is 0 Å². The summed E-state index contributed by atoms with van der Waals surface area (Å²) < 4.78 is 0. The fraction of sp³-hybridized carbons (Fsp3) is 0.600. The first-order valence-corrected chi connectivity index (χ1v) is 5.45. The zero-order chi connectivity index (χ0) is 8.97. The first kappa shape index (κ1) is 9.75. The molecule has 1 atom stereocenters. The van der Waals surface area contributed by atoms with E-state index in [1.807, 2.05) is 11.3 Å². The lowest BCUT2D eigenvalue weighted by atomic mass is 10.2. The van der Waals surface area contributed by atoms with E-state index in [-0.39, 0.29) is 0 Å². The van der Waals surface area contributed by atoms with Gasteiger partial charge in [-0.05, 0) is 31.5 Å². The quantitative estimate of drug-likeness (QED) is 0.693. The van der Waals surface area contributed by atoms with Crippen molar-refractivity contribution in [1.82, 2.24) is 4.90 Å². The Bertz CT molecular complexity index is 202. The fourth-order valence-corrected chi connectivity index (χ4v) is 2.30. The van der Waals surface area contributed by atoms with Gasteiger partial charge in [0.1, 0.15) is 0 Å². The average molecular weight is 183 g/mol. The fourth-order valence-electron chi connectivity index (χ4n) is 1.48. The maximum Gasteiger partial charge on any atom is 0.0413 e. The summed E-state index contributed by atoms with van der Waals surface area (Å²) in [5.74, 6) is 0. The Kier molecular flexibility index (Phi) is 3.76. The van der Waals surface area contributed by atoms with E-state index in [1.165, 1.54) is 4.88 Å². The van der Waals surface area contributed by atoms with Gasteiger partial charge >= 0.3 is 0 Å². The summed E-state index contributed by atoms with van der Waals surface area (Å²) in [6.07, 6.45) is 0. The van der Waals surface area contributed by atoms with Crippen LogP contribution >= 0.6 is 11.3 Å². The van der Waals surface area contributed by atoms with Crippen molar-refractivity contribution in [2.45, 2.75) is 26.8 Å². The molecule has 0 aliphatic rings. The van der Waals surface area contributed by atoms with Crippen molar-refractivity contribution < 1.29 is 0 Å². The maximum absolute atomic E-state index is 2.46. The van der Waals surface area contributed by atoms with Gasteiger partial charge in [-0.25, -0.2) is 0 Å². The van der Waals surface area contributed by atoms with Gasteiger partial charge in [-0.1, -0.05) is 19.9 Å². The van der Waals surface area contributed by atoms with E-state index in [9.17, 15) is 0 Å². The summed E-state index contributed by atoms with van der Waals surface area (Å²) in [7, 11) is 0. The van der Waals surface area contributed by atoms with E-state index in [0.29, 0.717) is 6.04 Å². The summed E-state index contributed by atoms with van der Waals surface area (Å²) >= 11 is 1.85. The highest BCUT2D eigenvalue weighted by Gasteiger charge is 2.12. The molecule has 68 valence electrons. The van der Waals surface area contributed by atoms with Gasteiger partial charge < -0.3 is 0 Å². The molecule has 12 heavy (non-hydrogen) atoms. The van der Waals surface area contributed by atoms with Crippen LogP contribution in [0.3, 0.4) is 0 Å². The minimum Gasteiger partial charge on any atom is -0.296 e. The number of nitrogens with zero attached hydrogens (tertiary/aromatic N) is 1. The molecule has 0 aromatic carbocycles. The highest BCUT2D eigenvalue weighted by molar-refractivity contribution is 7.10. The Hall–Kier alpha value is -0.340. The molecule has 0 aliphatic heterocycles. The Balaban J connectivity index is 2.63. The predicted octanol–water partition coefficient (Wildman–Crippen LogP) is 3.15. The van der Waals surface area contributed by atoms with Crippen LogP contribution in [0, 0.1) is 0 Å². The van der Waals surface area contributed by atoms with Crippen molar-refractivity contribution >= 4 is 11.3 Å². The lowest BCUT2D eigenvalue weighted by Gasteiger charge is -2.25. The standard InChI is InChI=1S/C10H17NS/c1-4-11(5-2)9(3)10-7-6-8-12-10/h6-9H,4-5H2,1-3H3. The average Bonchev–Trinajstić information content (AvgIpc) is 2.58. The first-order chi connectivity index (χ1) is 5.79. The molecule has 1 aromatic heterocycles. The summed E-state index contributed by atoms with van der Waals surface area (Å²) in [5, 5.41) is 2.15. The van der Waals surface area contributed by atoms with Crippen LogP contribution in [0.2, 0.25) is 0 Å². The lowest BCUT2D eigenvalue weighted by Crippen LogP contribution is -2.25. The van der Waals surface area contributed by atoms with Crippen LogP contribution < -0.4 is 0 Å². The largest absolute Gasteiger partial charge is 0.296 e. The summed E-state index contributed by atoms with van der Waals surface area (Å²) in [6.45, 7) is 8.98. The van der Waals surface area contributed by atoms with Crippen LogP contribution in [0.5, 0.6) is 0 Å². The van der Waals surface area contributed by atoms with Crippen LogP contribution in [0.1, 0.15) is 31.7 Å². The van der Waals surface area contributed by atoms with Crippen molar-refractivity contribution in [3.8, 4) is 0 Å². The third kappa shape index (κ3) is 2.08. The molecule has 1 heterocycles. The number of hydrogen-bond acceptors (Lipinski definition) is 2. The SMILES string of the molecule is CCN(CC)C(C)c1cccs1. The Morgan fingerprint density at radius 1 is 1.42 bits per heavy atom. The van der Waals surface area contributed by atoms with E-state index in [4.69, 9.17) is 0 Å². The van der Waals surface area contributed by atoms with E-state index in [2.05, 4.69) is 43.2 Å².